The van der Waals surface area contributed by atoms with Crippen molar-refractivity contribution in [3.05, 3.63) is 51.2 Å². The van der Waals surface area contributed by atoms with Gasteiger partial charge in [-0.3, -0.25) is 4.79 Å². The standard InChI is InChI=1S/C16H16ClFN2O3S/c17-13-2-1-10(18)5-12(13)16(21)20-14-3-4-22-7-15(14)23-6-11-8-24-9-19-11/h1-2,5,8-9,14-15H,3-4,6-7H2,(H,20,21)/t14-,15-/m1/s1. The highest BCUT2D eigenvalue weighted by molar-refractivity contribution is 7.07. The molecule has 1 aromatic heterocycles. The zero-order valence-electron chi connectivity index (χ0n) is 12.7. The summed E-state index contributed by atoms with van der Waals surface area (Å²) in [6, 6.07) is 3.48. The van der Waals surface area contributed by atoms with Crippen LogP contribution in [0.1, 0.15) is 22.5 Å². The third-order valence-electron chi connectivity index (χ3n) is 3.72. The van der Waals surface area contributed by atoms with E-state index < -0.39 is 11.7 Å². The van der Waals surface area contributed by atoms with Crippen LogP contribution in [0.5, 0.6) is 0 Å². The molecule has 0 saturated carbocycles. The lowest BCUT2D eigenvalue weighted by molar-refractivity contribution is -0.0742. The van der Waals surface area contributed by atoms with Gasteiger partial charge in [0.1, 0.15) is 11.9 Å². The number of hydrogen-bond donors (Lipinski definition) is 1. The minimum atomic E-state index is -0.507. The first-order valence-electron chi connectivity index (χ1n) is 7.46. The quantitative estimate of drug-likeness (QED) is 0.878. The number of carbonyl (C=O) groups is 1. The average Bonchev–Trinajstić information content (AvgIpc) is 3.09. The molecule has 0 spiro atoms. The first-order chi connectivity index (χ1) is 11.6. The average molecular weight is 371 g/mol. The summed E-state index contributed by atoms with van der Waals surface area (Å²) in [5.74, 6) is -0.929. The third-order valence-corrected chi connectivity index (χ3v) is 4.69. The van der Waals surface area contributed by atoms with Crippen LogP contribution in [-0.4, -0.2) is 36.3 Å². The number of hydrogen-bond acceptors (Lipinski definition) is 5. The lowest BCUT2D eigenvalue weighted by Crippen LogP contribution is -2.50. The molecule has 3 rings (SSSR count). The lowest BCUT2D eigenvalue weighted by Gasteiger charge is -2.32. The SMILES string of the molecule is O=C(N[C@@H]1CCOC[C@H]1OCc1cscn1)c1cc(F)ccc1Cl. The zero-order valence-corrected chi connectivity index (χ0v) is 14.3. The Kier molecular flexibility index (Phi) is 5.78. The molecule has 1 saturated heterocycles. The number of aromatic nitrogens is 1. The van der Waals surface area contributed by atoms with E-state index in [0.29, 0.717) is 26.2 Å². The van der Waals surface area contributed by atoms with Crippen LogP contribution in [0.15, 0.2) is 29.1 Å². The fourth-order valence-corrected chi connectivity index (χ4v) is 3.21. The second-order valence-electron chi connectivity index (χ2n) is 5.40. The van der Waals surface area contributed by atoms with E-state index >= 15 is 0 Å². The number of nitrogens with one attached hydrogen (secondary N) is 1. The van der Waals surface area contributed by atoms with Crippen LogP contribution in [-0.2, 0) is 16.1 Å². The van der Waals surface area contributed by atoms with Crippen LogP contribution in [0.25, 0.3) is 0 Å². The van der Waals surface area contributed by atoms with E-state index in [2.05, 4.69) is 10.3 Å². The number of thiazole rings is 1. The molecule has 128 valence electrons. The molecule has 2 heterocycles. The van der Waals surface area contributed by atoms with E-state index in [4.69, 9.17) is 21.1 Å². The van der Waals surface area contributed by atoms with Gasteiger partial charge in [0.25, 0.3) is 5.91 Å². The topological polar surface area (TPSA) is 60.5 Å². The van der Waals surface area contributed by atoms with Gasteiger partial charge < -0.3 is 14.8 Å². The Morgan fingerprint density at radius 2 is 2.42 bits per heavy atom. The third kappa shape index (κ3) is 4.30. The molecule has 1 aliphatic rings. The van der Waals surface area contributed by atoms with Crippen LogP contribution in [0.3, 0.4) is 0 Å². The number of benzene rings is 1. The summed E-state index contributed by atoms with van der Waals surface area (Å²) < 4.78 is 24.6. The molecule has 24 heavy (non-hydrogen) atoms. The van der Waals surface area contributed by atoms with Gasteiger partial charge in [0.2, 0.25) is 0 Å². The molecular weight excluding hydrogens is 355 g/mol. The van der Waals surface area contributed by atoms with Gasteiger partial charge in [-0.05, 0) is 24.6 Å². The second-order valence-corrected chi connectivity index (χ2v) is 6.52. The van der Waals surface area contributed by atoms with Crippen molar-refractivity contribution in [2.75, 3.05) is 13.2 Å². The Bertz CT molecular complexity index is 699. The van der Waals surface area contributed by atoms with E-state index in [9.17, 15) is 9.18 Å². The summed E-state index contributed by atoms with van der Waals surface area (Å²) >= 11 is 7.48. The van der Waals surface area contributed by atoms with Crippen molar-refractivity contribution in [1.82, 2.24) is 10.3 Å². The lowest BCUT2D eigenvalue weighted by atomic mass is 10.1. The van der Waals surface area contributed by atoms with Gasteiger partial charge in [0, 0.05) is 12.0 Å². The minimum absolute atomic E-state index is 0.112. The summed E-state index contributed by atoms with van der Waals surface area (Å²) in [6.07, 6.45) is 0.317. The van der Waals surface area contributed by atoms with E-state index in [1.165, 1.54) is 23.5 Å². The van der Waals surface area contributed by atoms with Gasteiger partial charge in [-0.2, -0.15) is 0 Å². The van der Waals surface area contributed by atoms with Crippen molar-refractivity contribution >= 4 is 28.8 Å². The Balaban J connectivity index is 1.64. The molecule has 0 radical (unpaired) electrons. The maximum Gasteiger partial charge on any atom is 0.253 e. The van der Waals surface area contributed by atoms with Gasteiger partial charge >= 0.3 is 0 Å². The summed E-state index contributed by atoms with van der Waals surface area (Å²) in [4.78, 5) is 16.6. The van der Waals surface area contributed by atoms with Gasteiger partial charge in [0.15, 0.2) is 0 Å². The van der Waals surface area contributed by atoms with E-state index in [1.807, 2.05) is 5.38 Å². The molecule has 0 aliphatic carbocycles. The number of halogens is 2. The van der Waals surface area contributed by atoms with Gasteiger partial charge in [0.05, 0.1) is 41.0 Å². The molecule has 1 aliphatic heterocycles. The molecule has 5 nitrogen and oxygen atoms in total. The summed E-state index contributed by atoms with van der Waals surface area (Å²) in [5.41, 5.74) is 2.69. The molecule has 0 unspecified atom stereocenters. The Morgan fingerprint density at radius 1 is 1.54 bits per heavy atom. The van der Waals surface area contributed by atoms with Crippen molar-refractivity contribution in [3.63, 3.8) is 0 Å². The summed E-state index contributed by atoms with van der Waals surface area (Å²) in [7, 11) is 0. The predicted octanol–water partition coefficient (Wildman–Crippen LogP) is 3.04. The first kappa shape index (κ1) is 17.3. The fraction of sp³-hybridized carbons (Fsp3) is 0.375. The number of nitrogens with zero attached hydrogens (tertiary/aromatic N) is 1. The summed E-state index contributed by atoms with van der Waals surface area (Å²) in [6.45, 7) is 1.26. The number of ether oxygens (including phenoxy) is 2. The minimum Gasteiger partial charge on any atom is -0.379 e. The van der Waals surface area contributed by atoms with Crippen LogP contribution in [0.4, 0.5) is 4.39 Å². The fourth-order valence-electron chi connectivity index (χ4n) is 2.46. The highest BCUT2D eigenvalue weighted by Crippen LogP contribution is 2.19. The monoisotopic (exact) mass is 370 g/mol. The van der Waals surface area contributed by atoms with Gasteiger partial charge in [-0.15, -0.1) is 11.3 Å². The first-order valence-corrected chi connectivity index (χ1v) is 8.78. The van der Waals surface area contributed by atoms with Gasteiger partial charge in [-0.1, -0.05) is 11.6 Å². The van der Waals surface area contributed by atoms with Crippen molar-refractivity contribution in [2.45, 2.75) is 25.2 Å². The molecule has 1 N–H and O–H groups in total. The van der Waals surface area contributed by atoms with Crippen molar-refractivity contribution in [1.29, 1.82) is 0 Å². The normalized spacial score (nSPS) is 20.8. The van der Waals surface area contributed by atoms with Crippen molar-refractivity contribution in [3.8, 4) is 0 Å². The number of carbonyl (C=O) groups excluding carboxylic acids is 1. The number of amides is 1. The summed E-state index contributed by atoms with van der Waals surface area (Å²) in [5, 5.41) is 4.99. The highest BCUT2D eigenvalue weighted by atomic mass is 35.5. The molecule has 1 fully saturated rings. The Hall–Kier alpha value is -1.54. The molecular formula is C16H16ClFN2O3S. The maximum atomic E-state index is 13.4. The van der Waals surface area contributed by atoms with Gasteiger partial charge in [-0.25, -0.2) is 9.37 Å². The Morgan fingerprint density at radius 3 is 3.21 bits per heavy atom. The highest BCUT2D eigenvalue weighted by Gasteiger charge is 2.29. The molecule has 2 aromatic rings. The van der Waals surface area contributed by atoms with E-state index in [-0.39, 0.29) is 22.7 Å². The van der Waals surface area contributed by atoms with Crippen LogP contribution in [0, 0.1) is 5.82 Å². The van der Waals surface area contributed by atoms with E-state index in [0.717, 1.165) is 11.8 Å². The second kappa shape index (κ2) is 8.02. The van der Waals surface area contributed by atoms with Crippen LogP contribution in [0.2, 0.25) is 5.02 Å². The largest absolute Gasteiger partial charge is 0.379 e. The molecule has 1 amide bonds. The molecule has 0 bridgehead atoms. The van der Waals surface area contributed by atoms with E-state index in [1.54, 1.807) is 5.51 Å². The van der Waals surface area contributed by atoms with Crippen molar-refractivity contribution < 1.29 is 18.7 Å². The van der Waals surface area contributed by atoms with Crippen molar-refractivity contribution in [2.24, 2.45) is 0 Å². The zero-order chi connectivity index (χ0) is 16.9. The predicted molar refractivity (Wildman–Crippen MR) is 88.8 cm³/mol. The molecule has 2 atom stereocenters. The Labute approximate surface area is 147 Å². The van der Waals surface area contributed by atoms with Crippen LogP contribution < -0.4 is 5.32 Å². The smallest absolute Gasteiger partial charge is 0.253 e. The number of rotatable bonds is 5. The molecule has 1 aromatic carbocycles. The van der Waals surface area contributed by atoms with Crippen LogP contribution >= 0.6 is 22.9 Å². The maximum absolute atomic E-state index is 13.4. The molecule has 8 heteroatoms.